The predicted molar refractivity (Wildman–Crippen MR) is 78.5 cm³/mol. The number of halogens is 2. The van der Waals surface area contributed by atoms with E-state index in [1.807, 2.05) is 6.07 Å². The van der Waals surface area contributed by atoms with Crippen LogP contribution in [0.4, 0.5) is 0 Å². The minimum Gasteiger partial charge on any atom is -0.323 e. The van der Waals surface area contributed by atoms with Crippen LogP contribution in [0.25, 0.3) is 0 Å². The summed E-state index contributed by atoms with van der Waals surface area (Å²) in [5.41, 5.74) is 0.588. The third-order valence-electron chi connectivity index (χ3n) is 3.07. The van der Waals surface area contributed by atoms with E-state index in [1.165, 1.54) is 0 Å². The summed E-state index contributed by atoms with van der Waals surface area (Å²) in [6, 6.07) is 7.16. The van der Waals surface area contributed by atoms with Crippen molar-refractivity contribution in [2.75, 3.05) is 6.54 Å². The molecular formula is C13H12ClIN2O. The van der Waals surface area contributed by atoms with Gasteiger partial charge in [-0.2, -0.15) is 5.26 Å². The lowest BCUT2D eigenvalue weighted by atomic mass is 10.0. The molecule has 0 aliphatic carbocycles. The van der Waals surface area contributed by atoms with Gasteiger partial charge in [-0.25, -0.2) is 0 Å². The Hall–Kier alpha value is -0.800. The van der Waals surface area contributed by atoms with Crippen LogP contribution in [0.3, 0.4) is 0 Å². The number of piperidine rings is 1. The van der Waals surface area contributed by atoms with Crippen molar-refractivity contribution in [3.63, 3.8) is 0 Å². The average molecular weight is 375 g/mol. The van der Waals surface area contributed by atoms with Gasteiger partial charge in [-0.1, -0.05) is 11.6 Å². The molecule has 3 nitrogen and oxygen atoms in total. The monoisotopic (exact) mass is 374 g/mol. The van der Waals surface area contributed by atoms with Crippen LogP contribution >= 0.6 is 34.2 Å². The highest BCUT2D eigenvalue weighted by atomic mass is 127. The Morgan fingerprint density at radius 2 is 2.28 bits per heavy atom. The zero-order valence-corrected chi connectivity index (χ0v) is 12.6. The number of hydrogen-bond acceptors (Lipinski definition) is 2. The predicted octanol–water partition coefficient (Wildman–Crippen LogP) is 3.46. The molecule has 0 spiro atoms. The molecular weight excluding hydrogens is 363 g/mol. The number of rotatable bonds is 1. The number of nitrogens with zero attached hydrogens (tertiary/aromatic N) is 2. The van der Waals surface area contributed by atoms with Gasteiger partial charge in [-0.15, -0.1) is 0 Å². The molecule has 1 fully saturated rings. The molecule has 1 amide bonds. The first-order valence-corrected chi connectivity index (χ1v) is 7.25. The Balaban J connectivity index is 2.30. The molecule has 0 aromatic heterocycles. The van der Waals surface area contributed by atoms with Crippen LogP contribution in [0.5, 0.6) is 0 Å². The third-order valence-corrected chi connectivity index (χ3v) is 4.25. The van der Waals surface area contributed by atoms with E-state index < -0.39 is 0 Å². The van der Waals surface area contributed by atoms with Crippen LogP contribution in [-0.2, 0) is 0 Å². The molecule has 5 heteroatoms. The molecule has 2 rings (SSSR count). The summed E-state index contributed by atoms with van der Waals surface area (Å²) in [6.07, 6.45) is 2.73. The third kappa shape index (κ3) is 2.78. The van der Waals surface area contributed by atoms with E-state index in [0.717, 1.165) is 22.8 Å². The summed E-state index contributed by atoms with van der Waals surface area (Å²) in [4.78, 5) is 14.1. The second-order valence-corrected chi connectivity index (χ2v) is 5.86. The summed E-state index contributed by atoms with van der Waals surface area (Å²) >= 11 is 8.05. The first-order valence-electron chi connectivity index (χ1n) is 5.79. The molecule has 0 bridgehead atoms. The standard InChI is InChI=1S/C13H12ClIN2O/c14-9-4-5-12(15)11(7-9)13(18)17-6-2-1-3-10(17)8-16/h4-5,7,10H,1-3,6H2. The van der Waals surface area contributed by atoms with E-state index in [2.05, 4.69) is 28.7 Å². The van der Waals surface area contributed by atoms with Crippen molar-refractivity contribution in [1.29, 1.82) is 5.26 Å². The van der Waals surface area contributed by atoms with Crippen molar-refractivity contribution >= 4 is 40.1 Å². The van der Waals surface area contributed by atoms with Gasteiger partial charge in [0, 0.05) is 15.1 Å². The number of carbonyl (C=O) groups excluding carboxylic acids is 1. The molecule has 0 N–H and O–H groups in total. The number of nitriles is 1. The maximum absolute atomic E-state index is 12.5. The number of hydrogen-bond donors (Lipinski definition) is 0. The van der Waals surface area contributed by atoms with Crippen molar-refractivity contribution in [3.8, 4) is 6.07 Å². The number of amides is 1. The van der Waals surface area contributed by atoms with Gasteiger partial charge in [-0.3, -0.25) is 4.79 Å². The van der Waals surface area contributed by atoms with E-state index in [4.69, 9.17) is 16.9 Å². The van der Waals surface area contributed by atoms with E-state index in [1.54, 1.807) is 17.0 Å². The minimum absolute atomic E-state index is 0.0897. The molecule has 1 saturated heterocycles. The average Bonchev–Trinajstić information content (AvgIpc) is 2.40. The van der Waals surface area contributed by atoms with E-state index in [0.29, 0.717) is 17.1 Å². The van der Waals surface area contributed by atoms with Crippen molar-refractivity contribution in [2.45, 2.75) is 25.3 Å². The largest absolute Gasteiger partial charge is 0.323 e. The molecule has 1 unspecified atom stereocenters. The van der Waals surface area contributed by atoms with Crippen LogP contribution < -0.4 is 0 Å². The van der Waals surface area contributed by atoms with Gasteiger partial charge < -0.3 is 4.90 Å². The van der Waals surface area contributed by atoms with E-state index in [-0.39, 0.29) is 11.9 Å². The normalized spacial score (nSPS) is 19.4. The topological polar surface area (TPSA) is 44.1 Å². The first-order chi connectivity index (χ1) is 8.63. The van der Waals surface area contributed by atoms with Gasteiger partial charge in [-0.05, 0) is 60.1 Å². The van der Waals surface area contributed by atoms with Gasteiger partial charge in [0.15, 0.2) is 0 Å². The second kappa shape index (κ2) is 5.89. The molecule has 1 aliphatic rings. The summed E-state index contributed by atoms with van der Waals surface area (Å²) in [6.45, 7) is 0.652. The van der Waals surface area contributed by atoms with Crippen LogP contribution in [-0.4, -0.2) is 23.4 Å². The fourth-order valence-corrected chi connectivity index (χ4v) is 2.86. The Kier molecular flexibility index (Phi) is 4.46. The molecule has 0 radical (unpaired) electrons. The Bertz CT molecular complexity index is 512. The first kappa shape index (κ1) is 13.6. The maximum Gasteiger partial charge on any atom is 0.256 e. The highest BCUT2D eigenvalue weighted by Gasteiger charge is 2.28. The number of carbonyl (C=O) groups is 1. The van der Waals surface area contributed by atoms with Crippen LogP contribution in [0.2, 0.25) is 5.02 Å². The van der Waals surface area contributed by atoms with Gasteiger partial charge in [0.1, 0.15) is 6.04 Å². The minimum atomic E-state index is -0.305. The highest BCUT2D eigenvalue weighted by Crippen LogP contribution is 2.23. The number of benzene rings is 1. The molecule has 0 saturated carbocycles. The van der Waals surface area contributed by atoms with Gasteiger partial charge >= 0.3 is 0 Å². The SMILES string of the molecule is N#CC1CCCCN1C(=O)c1cc(Cl)ccc1I. The Morgan fingerprint density at radius 1 is 1.50 bits per heavy atom. The zero-order chi connectivity index (χ0) is 13.1. The molecule has 94 valence electrons. The lowest BCUT2D eigenvalue weighted by Gasteiger charge is -2.31. The fourth-order valence-electron chi connectivity index (χ4n) is 2.12. The van der Waals surface area contributed by atoms with E-state index in [9.17, 15) is 4.79 Å². The van der Waals surface area contributed by atoms with Crippen LogP contribution in [0.1, 0.15) is 29.6 Å². The summed E-state index contributed by atoms with van der Waals surface area (Å²) in [5, 5.41) is 9.65. The van der Waals surface area contributed by atoms with Crippen LogP contribution in [0.15, 0.2) is 18.2 Å². The lowest BCUT2D eigenvalue weighted by Crippen LogP contribution is -2.43. The Morgan fingerprint density at radius 3 is 3.00 bits per heavy atom. The maximum atomic E-state index is 12.5. The highest BCUT2D eigenvalue weighted by molar-refractivity contribution is 14.1. The smallest absolute Gasteiger partial charge is 0.256 e. The lowest BCUT2D eigenvalue weighted by molar-refractivity contribution is 0.0669. The van der Waals surface area contributed by atoms with Gasteiger partial charge in [0.2, 0.25) is 0 Å². The quantitative estimate of drug-likeness (QED) is 0.707. The summed E-state index contributed by atoms with van der Waals surface area (Å²) in [7, 11) is 0. The van der Waals surface area contributed by atoms with Gasteiger partial charge in [0.05, 0.1) is 11.6 Å². The van der Waals surface area contributed by atoms with Crippen LogP contribution in [0, 0.1) is 14.9 Å². The van der Waals surface area contributed by atoms with Crippen molar-refractivity contribution < 1.29 is 4.79 Å². The molecule has 1 atom stereocenters. The molecule has 1 heterocycles. The molecule has 1 aromatic rings. The Labute approximate surface area is 125 Å². The molecule has 18 heavy (non-hydrogen) atoms. The van der Waals surface area contributed by atoms with E-state index >= 15 is 0 Å². The fraction of sp³-hybridized carbons (Fsp3) is 0.385. The molecule has 1 aromatic carbocycles. The van der Waals surface area contributed by atoms with Crippen molar-refractivity contribution in [2.24, 2.45) is 0 Å². The van der Waals surface area contributed by atoms with Gasteiger partial charge in [0.25, 0.3) is 5.91 Å². The summed E-state index contributed by atoms with van der Waals surface area (Å²) < 4.78 is 0.865. The van der Waals surface area contributed by atoms with Crippen molar-refractivity contribution in [3.05, 3.63) is 32.4 Å². The second-order valence-electron chi connectivity index (χ2n) is 4.26. The van der Waals surface area contributed by atoms with Crippen molar-refractivity contribution in [1.82, 2.24) is 4.90 Å². The summed E-state index contributed by atoms with van der Waals surface area (Å²) in [5.74, 6) is -0.0897. The zero-order valence-electron chi connectivity index (χ0n) is 9.70. The number of likely N-dealkylation sites (tertiary alicyclic amines) is 1. The molecule has 1 aliphatic heterocycles.